The average molecular weight is 323 g/mol. The molecule has 1 amide bonds. The van der Waals surface area contributed by atoms with Crippen LogP contribution in [0.1, 0.15) is 12.5 Å². The second-order valence-corrected chi connectivity index (χ2v) is 5.19. The van der Waals surface area contributed by atoms with E-state index in [4.69, 9.17) is 4.74 Å². The summed E-state index contributed by atoms with van der Waals surface area (Å²) in [6.07, 6.45) is 1.53. The molecule has 116 valence electrons. The number of hydrogen-bond donors (Lipinski definition) is 0. The maximum absolute atomic E-state index is 12.4. The molecule has 23 heavy (non-hydrogen) atoms. The number of anilines is 1. The van der Waals surface area contributed by atoms with E-state index in [1.54, 1.807) is 0 Å². The van der Waals surface area contributed by atoms with Gasteiger partial charge in [0.05, 0.1) is 24.5 Å². The molecule has 0 N–H and O–H groups in total. The Morgan fingerprint density at radius 3 is 2.48 bits per heavy atom. The van der Waals surface area contributed by atoms with Crippen LogP contribution in [0.25, 0.3) is 0 Å². The molecular weight excluding hydrogens is 305 g/mol. The molecule has 1 aromatic rings. The Kier molecular flexibility index (Phi) is 6.24. The maximum Gasteiger partial charge on any atom is 1.00 e. The van der Waals surface area contributed by atoms with E-state index in [2.05, 4.69) is 12.0 Å². The second kappa shape index (κ2) is 7.97. The van der Waals surface area contributed by atoms with Gasteiger partial charge in [0.1, 0.15) is 0 Å². The summed E-state index contributed by atoms with van der Waals surface area (Å²) in [6, 6.07) is 7.63. The van der Waals surface area contributed by atoms with Crippen molar-refractivity contribution in [1.82, 2.24) is 4.90 Å². The monoisotopic (exact) mass is 323 g/mol. The zero-order valence-electron chi connectivity index (χ0n) is 13.5. The van der Waals surface area contributed by atoms with E-state index < -0.39 is 0 Å². The van der Waals surface area contributed by atoms with Gasteiger partial charge in [-0.05, 0) is 24.1 Å². The molecule has 0 aromatic heterocycles. The Hall–Kier alpha value is -1.34. The van der Waals surface area contributed by atoms with Crippen LogP contribution in [0.3, 0.4) is 0 Å². The van der Waals surface area contributed by atoms with Crippen LogP contribution in [0, 0.1) is 0 Å². The number of hydrazone groups is 1. The minimum Gasteiger partial charge on any atom is -0.877 e. The van der Waals surface area contributed by atoms with Crippen molar-refractivity contribution in [1.29, 1.82) is 0 Å². The van der Waals surface area contributed by atoms with Gasteiger partial charge in [0.2, 0.25) is 0 Å². The zero-order chi connectivity index (χ0) is 15.5. The van der Waals surface area contributed by atoms with Crippen LogP contribution in [0.2, 0.25) is 0 Å². The minimum atomic E-state index is -0.374. The van der Waals surface area contributed by atoms with Gasteiger partial charge in [0.15, 0.2) is 5.84 Å². The summed E-state index contributed by atoms with van der Waals surface area (Å²) in [7, 11) is 0. The molecule has 1 saturated heterocycles. The standard InChI is InChI=1S/C16H19N3O3.Na/c1-2-12-3-5-13(6-4-12)19-16(21)14(11-20)15(17-19)18-7-9-22-10-8-18;/h3-6,11,20H,2,7-10H2,1H3;/q;+1/p-1/b14-11-;. The Morgan fingerprint density at radius 2 is 1.91 bits per heavy atom. The summed E-state index contributed by atoms with van der Waals surface area (Å²) in [5.41, 5.74) is 1.97. The van der Waals surface area contributed by atoms with Crippen molar-refractivity contribution in [3.8, 4) is 0 Å². The molecule has 0 radical (unpaired) electrons. The number of morpholine rings is 1. The van der Waals surface area contributed by atoms with Crippen LogP contribution in [0.15, 0.2) is 41.2 Å². The van der Waals surface area contributed by atoms with Crippen LogP contribution in [-0.4, -0.2) is 42.9 Å². The molecule has 0 spiro atoms. The fourth-order valence-electron chi connectivity index (χ4n) is 2.56. The Balaban J connectivity index is 0.00000192. The van der Waals surface area contributed by atoms with Crippen LogP contribution in [0.4, 0.5) is 5.69 Å². The van der Waals surface area contributed by atoms with Crippen LogP contribution in [0.5, 0.6) is 0 Å². The third kappa shape index (κ3) is 3.61. The number of carbonyl (C=O) groups excluding carboxylic acids is 1. The average Bonchev–Trinajstić information content (AvgIpc) is 2.92. The van der Waals surface area contributed by atoms with Crippen molar-refractivity contribution in [2.75, 3.05) is 31.3 Å². The first-order valence-electron chi connectivity index (χ1n) is 7.41. The first-order valence-corrected chi connectivity index (χ1v) is 7.41. The molecular formula is C16H18N3NaO3. The van der Waals surface area contributed by atoms with Gasteiger partial charge < -0.3 is 14.7 Å². The number of aryl methyl sites for hydroxylation is 1. The third-order valence-corrected chi connectivity index (χ3v) is 3.88. The quantitative estimate of drug-likeness (QED) is 0.343. The molecule has 2 heterocycles. The molecule has 7 heteroatoms. The van der Waals surface area contributed by atoms with Crippen molar-refractivity contribution in [3.05, 3.63) is 41.7 Å². The summed E-state index contributed by atoms with van der Waals surface area (Å²) in [5, 5.41) is 17.0. The summed E-state index contributed by atoms with van der Waals surface area (Å²) < 4.78 is 5.30. The predicted molar refractivity (Wildman–Crippen MR) is 81.2 cm³/mol. The van der Waals surface area contributed by atoms with E-state index in [1.807, 2.05) is 29.2 Å². The Morgan fingerprint density at radius 1 is 1.26 bits per heavy atom. The van der Waals surface area contributed by atoms with E-state index in [1.165, 1.54) is 10.6 Å². The molecule has 0 bridgehead atoms. The van der Waals surface area contributed by atoms with Gasteiger partial charge >= 0.3 is 29.6 Å². The van der Waals surface area contributed by atoms with Gasteiger partial charge in [-0.1, -0.05) is 19.1 Å². The largest absolute Gasteiger partial charge is 1.00 e. The molecule has 0 aliphatic carbocycles. The van der Waals surface area contributed by atoms with Crippen molar-refractivity contribution < 1.29 is 44.2 Å². The number of amidine groups is 1. The van der Waals surface area contributed by atoms with Crippen LogP contribution in [-0.2, 0) is 16.0 Å². The molecule has 2 aliphatic heterocycles. The summed E-state index contributed by atoms with van der Waals surface area (Å²) in [4.78, 5) is 14.4. The first kappa shape index (κ1) is 18.0. The van der Waals surface area contributed by atoms with E-state index in [-0.39, 0.29) is 41.0 Å². The predicted octanol–water partition coefficient (Wildman–Crippen LogP) is -2.51. The number of rotatable bonds is 2. The minimum absolute atomic E-state index is 0. The number of hydrogen-bond acceptors (Lipinski definition) is 5. The van der Waals surface area contributed by atoms with E-state index >= 15 is 0 Å². The first-order chi connectivity index (χ1) is 10.7. The topological polar surface area (TPSA) is 68.2 Å². The normalized spacial score (nSPS) is 19.8. The Bertz CT molecular complexity index is 622. The summed E-state index contributed by atoms with van der Waals surface area (Å²) in [5.74, 6) is 0.0728. The fraction of sp³-hybridized carbons (Fsp3) is 0.375. The third-order valence-electron chi connectivity index (χ3n) is 3.88. The van der Waals surface area contributed by atoms with Gasteiger partial charge in [0, 0.05) is 13.1 Å². The number of benzene rings is 1. The van der Waals surface area contributed by atoms with Gasteiger partial charge in [0.25, 0.3) is 5.91 Å². The van der Waals surface area contributed by atoms with Gasteiger partial charge in [-0.25, -0.2) is 0 Å². The molecule has 0 saturated carbocycles. The molecule has 2 aliphatic rings. The van der Waals surface area contributed by atoms with Gasteiger partial charge in [-0.3, -0.25) is 4.79 Å². The maximum atomic E-state index is 12.4. The fourth-order valence-corrected chi connectivity index (χ4v) is 2.56. The van der Waals surface area contributed by atoms with Crippen LogP contribution >= 0.6 is 0 Å². The number of nitrogens with zero attached hydrogens (tertiary/aromatic N) is 3. The molecule has 0 atom stereocenters. The van der Waals surface area contributed by atoms with E-state index in [9.17, 15) is 9.90 Å². The number of carbonyl (C=O) groups is 1. The summed E-state index contributed by atoms with van der Waals surface area (Å²) in [6.45, 7) is 4.48. The number of amides is 1. The zero-order valence-corrected chi connectivity index (χ0v) is 15.5. The van der Waals surface area contributed by atoms with Gasteiger partial charge in [-0.15, -0.1) is 11.4 Å². The Labute approximate surface area is 157 Å². The summed E-state index contributed by atoms with van der Waals surface area (Å²) >= 11 is 0. The van der Waals surface area contributed by atoms with E-state index in [0.717, 1.165) is 6.42 Å². The van der Waals surface area contributed by atoms with E-state index in [0.29, 0.717) is 44.1 Å². The smallest absolute Gasteiger partial charge is 0.877 e. The van der Waals surface area contributed by atoms with Crippen molar-refractivity contribution in [2.24, 2.45) is 5.10 Å². The molecule has 1 fully saturated rings. The van der Waals surface area contributed by atoms with Crippen molar-refractivity contribution in [2.45, 2.75) is 13.3 Å². The molecule has 0 unspecified atom stereocenters. The second-order valence-electron chi connectivity index (χ2n) is 5.19. The van der Waals surface area contributed by atoms with Crippen molar-refractivity contribution in [3.63, 3.8) is 0 Å². The molecule has 1 aromatic carbocycles. The van der Waals surface area contributed by atoms with Gasteiger partial charge in [-0.2, -0.15) is 5.01 Å². The number of ether oxygens (including phenoxy) is 1. The SMILES string of the molecule is CCc1ccc(N2N=C(N3CCOCC3)/C(=C/[O-])C2=O)cc1.[Na+]. The molecule has 6 nitrogen and oxygen atoms in total. The van der Waals surface area contributed by atoms with Crippen molar-refractivity contribution >= 4 is 17.4 Å². The molecule has 3 rings (SSSR count). The van der Waals surface area contributed by atoms with Crippen LogP contribution < -0.4 is 39.7 Å².